The molecule has 0 saturated heterocycles. The molecular weight excluding hydrogens is 1160 g/mol. The summed E-state index contributed by atoms with van der Waals surface area (Å²) >= 11 is 0. The maximum atomic E-state index is 14.8. The molecule has 6 atom stereocenters. The Bertz CT molecular complexity index is 3680. The molecule has 0 unspecified atom stereocenters. The molecule has 6 heterocycles. The lowest BCUT2D eigenvalue weighted by Crippen LogP contribution is -2.55. The summed E-state index contributed by atoms with van der Waals surface area (Å²) in [5.74, 6) is -3.22. The van der Waals surface area contributed by atoms with E-state index < -0.39 is 82.3 Å². The number of pyridine rings is 2. The van der Waals surface area contributed by atoms with Crippen molar-refractivity contribution >= 4 is 46.8 Å². The minimum absolute atomic E-state index is 0.000138. The van der Waals surface area contributed by atoms with Gasteiger partial charge in [0.25, 0.3) is 22.9 Å². The number of likely N-dealkylation sites (N-methyl/N-ethyl adjacent to an activating group) is 2. The molecule has 3 aromatic carbocycles. The van der Waals surface area contributed by atoms with Crippen LogP contribution in [-0.2, 0) is 78.4 Å². The zero-order valence-electron chi connectivity index (χ0n) is 52.0. The van der Waals surface area contributed by atoms with Gasteiger partial charge in [-0.25, -0.2) is 18.1 Å². The average Bonchev–Trinajstić information content (AvgIpc) is 1.73. The number of aromatic amines is 2. The number of carbonyl (C=O) groups excluding carboxylic acids is 6. The molecule has 0 fully saturated rings. The standard InChI is InChI=1S/C64H76F2N16O8/c1-35(67-9)57(85)71-53(61(89)79-33-63(5,6)55-49(79)27-43(59(87)73-55)23-39-15-19-45(65)20-16-39)37(3)81-31-47(75-77-81)29-69-51(83)25-41-11-13-42(14-12-41)26-52(84)70-30-48-32-82(78-76-48)38(4)54(72-58(86)36(2)68-10)62(90)80-34-64(7,8)56-50(80)28-44(60(88)74-56)24-40-17-21-46(66)22-18-40/h11-22,27-28,31-32,35-38,53-54,67-68H,23-26,29-30,33-34H2,1-10H3,(H,69,83)(H,70,84)(H,71,85)(H,72,86)(H,73,87)(H,74,88)/t35-,36-,37-,38-,53-,54-/m0/s1. The van der Waals surface area contributed by atoms with Gasteiger partial charge in [0, 0.05) is 59.3 Å². The van der Waals surface area contributed by atoms with Crippen LogP contribution in [0.3, 0.4) is 0 Å². The third kappa shape index (κ3) is 14.8. The fraction of sp³-hybridized carbons (Fsp3) is 0.406. The first-order chi connectivity index (χ1) is 42.7. The van der Waals surface area contributed by atoms with E-state index in [2.05, 4.69) is 62.5 Å². The number of fused-ring (bicyclic) bond motifs is 2. The topological polar surface area (TPSA) is 308 Å². The predicted molar refractivity (Wildman–Crippen MR) is 331 cm³/mol. The number of carbonyl (C=O) groups is 6. The molecule has 9 rings (SSSR count). The van der Waals surface area contributed by atoms with Gasteiger partial charge in [0.05, 0.1) is 73.9 Å². The van der Waals surface area contributed by atoms with Crippen LogP contribution in [0.5, 0.6) is 0 Å². The molecule has 0 spiro atoms. The number of amides is 6. The molecule has 0 radical (unpaired) electrons. The maximum Gasteiger partial charge on any atom is 0.251 e. The molecule has 6 amide bonds. The highest BCUT2D eigenvalue weighted by Gasteiger charge is 2.45. The van der Waals surface area contributed by atoms with Crippen LogP contribution < -0.4 is 52.8 Å². The van der Waals surface area contributed by atoms with E-state index in [1.807, 2.05) is 27.7 Å². The zero-order chi connectivity index (χ0) is 64.9. The van der Waals surface area contributed by atoms with Gasteiger partial charge in [-0.3, -0.25) is 38.4 Å². The summed E-state index contributed by atoms with van der Waals surface area (Å²) in [6.45, 7) is 14.8. The Labute approximate surface area is 518 Å². The number of anilines is 2. The number of halogens is 2. The molecule has 0 aliphatic carbocycles. The van der Waals surface area contributed by atoms with Gasteiger partial charge in [-0.2, -0.15) is 0 Å². The van der Waals surface area contributed by atoms with Gasteiger partial charge >= 0.3 is 0 Å². The Morgan fingerprint density at radius 2 is 0.889 bits per heavy atom. The summed E-state index contributed by atoms with van der Waals surface area (Å²) in [5, 5.41) is 34.4. The van der Waals surface area contributed by atoms with Gasteiger partial charge in [0.1, 0.15) is 35.1 Å². The van der Waals surface area contributed by atoms with Gasteiger partial charge in [0.15, 0.2) is 0 Å². The highest BCUT2D eigenvalue weighted by Crippen LogP contribution is 2.41. The zero-order valence-corrected chi connectivity index (χ0v) is 52.0. The first-order valence-corrected chi connectivity index (χ1v) is 29.7. The van der Waals surface area contributed by atoms with E-state index in [4.69, 9.17) is 0 Å². The SMILES string of the molecule is CN[C@@H](C)C(=O)N[C@H](C(=O)N1CC(C)(C)c2[nH]c(=O)c(Cc3ccc(F)cc3)cc21)[C@H](C)n1cc(CNC(=O)Cc2ccc(CC(=O)NCc3cn([C@@H](C)[C@H](NC(=O)[C@H](C)NC)C(=O)N4CC(C)(C)c5[nH]c(=O)c(Cc6ccc(F)cc6)cc54)nn3)cc2)nn1. The summed E-state index contributed by atoms with van der Waals surface area (Å²) in [4.78, 5) is 119. The summed E-state index contributed by atoms with van der Waals surface area (Å²) in [6.07, 6.45) is 3.58. The fourth-order valence-electron chi connectivity index (χ4n) is 11.1. The third-order valence-corrected chi connectivity index (χ3v) is 16.8. The van der Waals surface area contributed by atoms with Gasteiger partial charge in [-0.15, -0.1) is 10.2 Å². The molecule has 2 aliphatic heterocycles. The number of benzene rings is 3. The number of hydrogen-bond donors (Lipinski definition) is 8. The summed E-state index contributed by atoms with van der Waals surface area (Å²) in [5.41, 5.74) is 4.43. The monoisotopic (exact) mass is 1230 g/mol. The van der Waals surface area contributed by atoms with Crippen molar-refractivity contribution in [1.82, 2.24) is 71.9 Å². The van der Waals surface area contributed by atoms with E-state index in [1.165, 1.54) is 33.6 Å². The molecule has 26 heteroatoms. The molecule has 90 heavy (non-hydrogen) atoms. The minimum Gasteiger partial charge on any atom is -0.350 e. The largest absolute Gasteiger partial charge is 0.350 e. The Kier molecular flexibility index (Phi) is 19.5. The molecule has 2 aliphatic rings. The van der Waals surface area contributed by atoms with E-state index in [0.717, 1.165) is 0 Å². The second kappa shape index (κ2) is 27.0. The smallest absolute Gasteiger partial charge is 0.251 e. The third-order valence-electron chi connectivity index (χ3n) is 16.8. The van der Waals surface area contributed by atoms with Crippen molar-refractivity contribution < 1.29 is 37.5 Å². The molecule has 8 N–H and O–H groups in total. The minimum atomic E-state index is -1.16. The first-order valence-electron chi connectivity index (χ1n) is 29.7. The van der Waals surface area contributed by atoms with Crippen LogP contribution in [0, 0.1) is 11.6 Å². The Morgan fingerprint density at radius 3 is 1.23 bits per heavy atom. The second-order valence-corrected chi connectivity index (χ2v) is 24.6. The normalized spacial score (nSPS) is 15.8. The number of rotatable bonds is 24. The van der Waals surface area contributed by atoms with E-state index in [-0.39, 0.29) is 74.8 Å². The van der Waals surface area contributed by atoms with Crippen LogP contribution in [0.2, 0.25) is 0 Å². The van der Waals surface area contributed by atoms with Crippen LogP contribution in [-0.4, -0.2) is 127 Å². The Morgan fingerprint density at radius 1 is 0.544 bits per heavy atom. The predicted octanol–water partition coefficient (Wildman–Crippen LogP) is 3.38. The van der Waals surface area contributed by atoms with E-state index in [0.29, 0.717) is 67.5 Å². The fourth-order valence-corrected chi connectivity index (χ4v) is 11.1. The number of nitrogens with zero attached hydrogens (tertiary/aromatic N) is 8. The first kappa shape index (κ1) is 64.9. The molecule has 0 saturated carbocycles. The molecule has 0 bridgehead atoms. The molecule has 474 valence electrons. The Balaban J connectivity index is 0.789. The van der Waals surface area contributed by atoms with Crippen LogP contribution in [0.1, 0.15) is 124 Å². The number of H-pyrrole nitrogens is 2. The van der Waals surface area contributed by atoms with Gasteiger partial charge in [-0.05, 0) is 100 Å². The summed E-state index contributed by atoms with van der Waals surface area (Å²) < 4.78 is 30.3. The van der Waals surface area contributed by atoms with Crippen LogP contribution in [0.25, 0.3) is 0 Å². The lowest BCUT2D eigenvalue weighted by Gasteiger charge is -2.30. The lowest BCUT2D eigenvalue weighted by atomic mass is 9.91. The highest BCUT2D eigenvalue weighted by atomic mass is 19.1. The van der Waals surface area contributed by atoms with Crippen molar-refractivity contribution in [2.75, 3.05) is 37.0 Å². The van der Waals surface area contributed by atoms with Crippen molar-refractivity contribution in [3.8, 4) is 0 Å². The van der Waals surface area contributed by atoms with Crippen molar-refractivity contribution in [3.05, 3.63) is 186 Å². The highest BCUT2D eigenvalue weighted by molar-refractivity contribution is 6.03. The van der Waals surface area contributed by atoms with E-state index in [9.17, 15) is 47.1 Å². The number of aromatic nitrogens is 8. The van der Waals surface area contributed by atoms with Gasteiger partial charge in [-0.1, -0.05) is 86.7 Å². The van der Waals surface area contributed by atoms with Gasteiger partial charge in [0.2, 0.25) is 23.6 Å². The molecule has 7 aromatic rings. The van der Waals surface area contributed by atoms with Crippen molar-refractivity contribution in [2.45, 2.75) is 141 Å². The average molecular weight is 1240 g/mol. The molecule has 4 aromatic heterocycles. The van der Waals surface area contributed by atoms with Crippen LogP contribution in [0.15, 0.2) is 107 Å². The van der Waals surface area contributed by atoms with E-state index >= 15 is 0 Å². The summed E-state index contributed by atoms with van der Waals surface area (Å²) in [7, 11) is 3.25. The quantitative estimate of drug-likeness (QED) is 0.0431. The van der Waals surface area contributed by atoms with Crippen molar-refractivity contribution in [2.24, 2.45) is 0 Å². The number of nitrogens with one attached hydrogen (secondary N) is 8. The molecular formula is C64H76F2N16O8. The van der Waals surface area contributed by atoms with Crippen molar-refractivity contribution in [3.63, 3.8) is 0 Å². The second-order valence-electron chi connectivity index (χ2n) is 24.6. The number of hydrogen-bond acceptors (Lipinski definition) is 14. The maximum absolute atomic E-state index is 14.8. The molecule has 24 nitrogen and oxygen atoms in total. The van der Waals surface area contributed by atoms with Crippen LogP contribution >= 0.6 is 0 Å². The summed E-state index contributed by atoms with van der Waals surface area (Å²) in [6, 6.07) is 16.8. The van der Waals surface area contributed by atoms with Crippen molar-refractivity contribution in [1.29, 1.82) is 0 Å². The van der Waals surface area contributed by atoms with Gasteiger partial charge < -0.3 is 51.7 Å². The van der Waals surface area contributed by atoms with Crippen LogP contribution in [0.4, 0.5) is 20.2 Å². The Hall–Kier alpha value is -9.56. The van der Waals surface area contributed by atoms with E-state index in [1.54, 1.807) is 125 Å². The lowest BCUT2D eigenvalue weighted by molar-refractivity contribution is -0.129.